The molecule has 0 saturated heterocycles. The summed E-state index contributed by atoms with van der Waals surface area (Å²) in [6.45, 7) is 0.919. The van der Waals surface area contributed by atoms with Crippen molar-refractivity contribution in [2.45, 2.75) is 13.0 Å². The Kier molecular flexibility index (Phi) is 4.68. The number of likely N-dealkylation sites (N-methyl/N-ethyl adjacent to an activating group) is 1. The summed E-state index contributed by atoms with van der Waals surface area (Å²) in [6, 6.07) is 0. The molecule has 13 heavy (non-hydrogen) atoms. The fourth-order valence-corrected chi connectivity index (χ4v) is 0.625. The number of carbonyl (C=O) groups excluding carboxylic acids is 2. The zero-order valence-corrected chi connectivity index (χ0v) is 7.36. The highest BCUT2D eigenvalue weighted by Crippen LogP contribution is 1.94. The lowest BCUT2D eigenvalue weighted by atomic mass is 10.2. The van der Waals surface area contributed by atoms with Crippen molar-refractivity contribution in [1.29, 1.82) is 0 Å². The SMILES string of the molecule is CNCC(=O)OC(C(C)=O)C(=O)O. The van der Waals surface area contributed by atoms with Gasteiger partial charge in [-0.25, -0.2) is 4.79 Å². The van der Waals surface area contributed by atoms with E-state index in [1.807, 2.05) is 0 Å². The van der Waals surface area contributed by atoms with Crippen molar-refractivity contribution in [3.63, 3.8) is 0 Å². The summed E-state index contributed by atoms with van der Waals surface area (Å²) in [5.74, 6) is -2.95. The van der Waals surface area contributed by atoms with Gasteiger partial charge in [-0.15, -0.1) is 0 Å². The standard InChI is InChI=1S/C7H11NO5/c1-4(9)6(7(11)12)13-5(10)3-8-2/h6,8H,3H2,1-2H3,(H,11,12). The van der Waals surface area contributed by atoms with E-state index in [2.05, 4.69) is 10.1 Å². The molecule has 2 N–H and O–H groups in total. The van der Waals surface area contributed by atoms with Crippen molar-refractivity contribution in [3.05, 3.63) is 0 Å². The second-order valence-corrected chi connectivity index (χ2v) is 2.35. The summed E-state index contributed by atoms with van der Waals surface area (Å²) >= 11 is 0. The molecule has 0 aromatic carbocycles. The molecule has 0 amide bonds. The molecule has 0 aromatic rings. The van der Waals surface area contributed by atoms with Gasteiger partial charge < -0.3 is 15.2 Å². The minimum absolute atomic E-state index is 0.128. The molecule has 0 saturated carbocycles. The van der Waals surface area contributed by atoms with Crippen LogP contribution in [-0.2, 0) is 19.1 Å². The monoisotopic (exact) mass is 189 g/mol. The van der Waals surface area contributed by atoms with Gasteiger partial charge in [-0.3, -0.25) is 9.59 Å². The molecular weight excluding hydrogens is 178 g/mol. The molecule has 0 fully saturated rings. The zero-order chi connectivity index (χ0) is 10.4. The zero-order valence-electron chi connectivity index (χ0n) is 7.36. The first-order valence-corrected chi connectivity index (χ1v) is 3.56. The van der Waals surface area contributed by atoms with Crippen LogP contribution in [0.3, 0.4) is 0 Å². The summed E-state index contributed by atoms with van der Waals surface area (Å²) in [7, 11) is 1.50. The molecule has 0 aliphatic rings. The Morgan fingerprint density at radius 2 is 2.00 bits per heavy atom. The van der Waals surface area contributed by atoms with Crippen molar-refractivity contribution in [2.24, 2.45) is 0 Å². The first kappa shape index (κ1) is 11.6. The fourth-order valence-electron chi connectivity index (χ4n) is 0.625. The molecule has 74 valence electrons. The molecule has 0 aliphatic carbocycles. The number of carbonyl (C=O) groups is 3. The van der Waals surface area contributed by atoms with Crippen LogP contribution in [0.2, 0.25) is 0 Å². The number of hydrogen-bond donors (Lipinski definition) is 2. The molecule has 0 bridgehead atoms. The Balaban J connectivity index is 4.19. The smallest absolute Gasteiger partial charge is 0.352 e. The van der Waals surface area contributed by atoms with Crippen molar-refractivity contribution in [3.8, 4) is 0 Å². The normalized spacial score (nSPS) is 11.8. The van der Waals surface area contributed by atoms with Gasteiger partial charge in [0, 0.05) is 0 Å². The van der Waals surface area contributed by atoms with Crippen molar-refractivity contribution in [1.82, 2.24) is 5.32 Å². The average Bonchev–Trinajstić information content (AvgIpc) is 1.99. The van der Waals surface area contributed by atoms with Crippen LogP contribution in [0.4, 0.5) is 0 Å². The predicted octanol–water partition coefficient (Wildman–Crippen LogP) is -1.21. The summed E-state index contributed by atoms with van der Waals surface area (Å²) in [5.41, 5.74) is 0. The summed E-state index contributed by atoms with van der Waals surface area (Å²) in [6.07, 6.45) is -1.69. The number of carboxylic acids is 1. The minimum atomic E-state index is -1.69. The lowest BCUT2D eigenvalue weighted by Crippen LogP contribution is -2.36. The van der Waals surface area contributed by atoms with Crippen molar-refractivity contribution < 1.29 is 24.2 Å². The number of rotatable bonds is 5. The van der Waals surface area contributed by atoms with E-state index in [0.29, 0.717) is 0 Å². The highest BCUT2D eigenvalue weighted by atomic mass is 16.6. The van der Waals surface area contributed by atoms with Crippen LogP contribution in [0.15, 0.2) is 0 Å². The molecule has 6 nitrogen and oxygen atoms in total. The number of ketones is 1. The van der Waals surface area contributed by atoms with Gasteiger partial charge in [-0.1, -0.05) is 0 Å². The first-order valence-electron chi connectivity index (χ1n) is 3.56. The largest absolute Gasteiger partial charge is 0.478 e. The van der Waals surface area contributed by atoms with Crippen molar-refractivity contribution >= 4 is 17.7 Å². The van der Waals surface area contributed by atoms with Gasteiger partial charge >= 0.3 is 11.9 Å². The number of nitrogens with one attached hydrogen (secondary N) is 1. The van der Waals surface area contributed by atoms with Crippen LogP contribution in [0.5, 0.6) is 0 Å². The van der Waals surface area contributed by atoms with Gasteiger partial charge in [-0.2, -0.15) is 0 Å². The molecule has 6 heteroatoms. The first-order chi connectivity index (χ1) is 5.99. The Labute approximate surface area is 74.9 Å². The third-order valence-electron chi connectivity index (χ3n) is 1.16. The second-order valence-electron chi connectivity index (χ2n) is 2.35. The fraction of sp³-hybridized carbons (Fsp3) is 0.571. The van der Waals surface area contributed by atoms with E-state index in [4.69, 9.17) is 5.11 Å². The van der Waals surface area contributed by atoms with Gasteiger partial charge in [0.2, 0.25) is 0 Å². The minimum Gasteiger partial charge on any atom is -0.478 e. The number of aliphatic carboxylic acids is 1. The summed E-state index contributed by atoms with van der Waals surface area (Å²) in [5, 5.41) is 10.9. The number of esters is 1. The van der Waals surface area contributed by atoms with Crippen LogP contribution < -0.4 is 5.32 Å². The topological polar surface area (TPSA) is 92.7 Å². The van der Waals surface area contributed by atoms with E-state index < -0.39 is 23.8 Å². The predicted molar refractivity (Wildman–Crippen MR) is 42.1 cm³/mol. The Hall–Kier alpha value is -1.43. The third-order valence-corrected chi connectivity index (χ3v) is 1.16. The van der Waals surface area contributed by atoms with E-state index in [0.717, 1.165) is 6.92 Å². The van der Waals surface area contributed by atoms with Crippen LogP contribution >= 0.6 is 0 Å². The van der Waals surface area contributed by atoms with Crippen LogP contribution in [0.1, 0.15) is 6.92 Å². The quantitative estimate of drug-likeness (QED) is 0.416. The summed E-state index contributed by atoms with van der Waals surface area (Å²) < 4.78 is 4.36. The molecule has 0 heterocycles. The molecule has 1 atom stereocenters. The average molecular weight is 189 g/mol. The molecule has 0 rings (SSSR count). The number of carboxylic acid groups (broad SMARTS) is 1. The third kappa shape index (κ3) is 4.22. The highest BCUT2D eigenvalue weighted by Gasteiger charge is 2.26. The van der Waals surface area contributed by atoms with Gasteiger partial charge in [0.15, 0.2) is 5.78 Å². The Morgan fingerprint density at radius 1 is 1.46 bits per heavy atom. The van der Waals surface area contributed by atoms with Gasteiger partial charge in [0.25, 0.3) is 6.10 Å². The van der Waals surface area contributed by atoms with Gasteiger partial charge in [0.05, 0.1) is 6.54 Å². The molecule has 0 spiro atoms. The molecule has 0 aliphatic heterocycles. The lowest BCUT2D eigenvalue weighted by Gasteiger charge is -2.09. The van der Waals surface area contributed by atoms with E-state index in [-0.39, 0.29) is 6.54 Å². The highest BCUT2D eigenvalue weighted by molar-refractivity contribution is 6.01. The molecule has 0 aromatic heterocycles. The van der Waals surface area contributed by atoms with Gasteiger partial charge in [-0.05, 0) is 14.0 Å². The Morgan fingerprint density at radius 3 is 2.31 bits per heavy atom. The van der Waals surface area contributed by atoms with Crippen LogP contribution in [0.25, 0.3) is 0 Å². The molecule has 0 radical (unpaired) electrons. The Bertz CT molecular complexity index is 211. The maximum absolute atomic E-state index is 10.8. The van der Waals surface area contributed by atoms with Crippen LogP contribution in [-0.4, -0.2) is 42.5 Å². The van der Waals surface area contributed by atoms with E-state index >= 15 is 0 Å². The molecule has 1 unspecified atom stereocenters. The van der Waals surface area contributed by atoms with Crippen LogP contribution in [0, 0.1) is 0 Å². The van der Waals surface area contributed by atoms with E-state index in [9.17, 15) is 14.4 Å². The molecular formula is C7H11NO5. The number of ether oxygens (including phenoxy) is 1. The van der Waals surface area contributed by atoms with Gasteiger partial charge in [0.1, 0.15) is 0 Å². The maximum Gasteiger partial charge on any atom is 0.352 e. The van der Waals surface area contributed by atoms with Crippen molar-refractivity contribution in [2.75, 3.05) is 13.6 Å². The van der Waals surface area contributed by atoms with E-state index in [1.165, 1.54) is 7.05 Å². The lowest BCUT2D eigenvalue weighted by molar-refractivity contribution is -0.166. The second kappa shape index (κ2) is 5.26. The summed E-state index contributed by atoms with van der Waals surface area (Å²) in [4.78, 5) is 31.8. The maximum atomic E-state index is 10.8. The number of Topliss-reactive ketones (excluding diaryl/α,β-unsaturated/α-hetero) is 1. The van der Waals surface area contributed by atoms with E-state index in [1.54, 1.807) is 0 Å². The number of hydrogen-bond acceptors (Lipinski definition) is 5.